The quantitative estimate of drug-likeness (QED) is 0.290. The molecular formula is C25H28N2O2. The average molecular weight is 389 g/mol. The van der Waals surface area contributed by atoms with Crippen LogP contribution in [0, 0.1) is 0 Å². The monoisotopic (exact) mass is 388 g/mol. The molecule has 0 fully saturated rings. The maximum Gasteiger partial charge on any atom is 0.280 e. The Morgan fingerprint density at radius 2 is 1.69 bits per heavy atom. The van der Waals surface area contributed by atoms with Crippen LogP contribution in [0.5, 0.6) is 5.75 Å². The second-order valence-corrected chi connectivity index (χ2v) is 7.13. The fourth-order valence-electron chi connectivity index (χ4n) is 3.15. The number of rotatable bonds is 9. The SMILES string of the molecule is CCCCC/C(=N\NC(=O)[C@H](C)Oc1ccc2ccccc2c1)c1ccccc1. The summed E-state index contributed by atoms with van der Waals surface area (Å²) in [6.45, 7) is 3.91. The van der Waals surface area contributed by atoms with E-state index in [0.29, 0.717) is 5.75 Å². The van der Waals surface area contributed by atoms with E-state index in [1.807, 2.05) is 72.8 Å². The first kappa shape index (κ1) is 20.6. The molecule has 0 aliphatic rings. The third-order valence-corrected chi connectivity index (χ3v) is 4.83. The van der Waals surface area contributed by atoms with Crippen molar-refractivity contribution in [2.45, 2.75) is 45.6 Å². The maximum atomic E-state index is 12.5. The zero-order valence-corrected chi connectivity index (χ0v) is 17.1. The van der Waals surface area contributed by atoms with Crippen LogP contribution in [0.1, 0.15) is 45.1 Å². The molecule has 0 aromatic heterocycles. The Kier molecular flexibility index (Phi) is 7.40. The van der Waals surface area contributed by atoms with Crippen LogP contribution < -0.4 is 10.2 Å². The minimum atomic E-state index is -0.646. The smallest absolute Gasteiger partial charge is 0.280 e. The number of carbonyl (C=O) groups is 1. The van der Waals surface area contributed by atoms with E-state index in [4.69, 9.17) is 4.74 Å². The van der Waals surface area contributed by atoms with Gasteiger partial charge in [0.2, 0.25) is 0 Å². The lowest BCUT2D eigenvalue weighted by atomic mass is 10.0. The van der Waals surface area contributed by atoms with E-state index in [2.05, 4.69) is 17.5 Å². The van der Waals surface area contributed by atoms with Gasteiger partial charge in [-0.05, 0) is 48.2 Å². The number of benzene rings is 3. The largest absolute Gasteiger partial charge is 0.481 e. The van der Waals surface area contributed by atoms with E-state index in [0.717, 1.165) is 47.7 Å². The Morgan fingerprint density at radius 3 is 2.45 bits per heavy atom. The predicted molar refractivity (Wildman–Crippen MR) is 119 cm³/mol. The molecule has 0 saturated heterocycles. The van der Waals surface area contributed by atoms with Crippen LogP contribution in [0.15, 0.2) is 77.9 Å². The van der Waals surface area contributed by atoms with Crippen LogP contribution in [0.25, 0.3) is 10.8 Å². The minimum Gasteiger partial charge on any atom is -0.481 e. The molecule has 4 nitrogen and oxygen atoms in total. The van der Waals surface area contributed by atoms with Gasteiger partial charge < -0.3 is 4.74 Å². The van der Waals surface area contributed by atoms with Crippen LogP contribution in [0.2, 0.25) is 0 Å². The van der Waals surface area contributed by atoms with Crippen LogP contribution in [-0.2, 0) is 4.79 Å². The first-order chi connectivity index (χ1) is 14.2. The minimum absolute atomic E-state index is 0.262. The number of nitrogens with zero attached hydrogens (tertiary/aromatic N) is 1. The number of nitrogens with one attached hydrogen (secondary N) is 1. The highest BCUT2D eigenvalue weighted by Gasteiger charge is 2.15. The molecule has 1 atom stereocenters. The summed E-state index contributed by atoms with van der Waals surface area (Å²) in [5, 5.41) is 6.64. The molecule has 0 heterocycles. The van der Waals surface area contributed by atoms with Gasteiger partial charge in [0, 0.05) is 0 Å². The van der Waals surface area contributed by atoms with Gasteiger partial charge >= 0.3 is 0 Å². The summed E-state index contributed by atoms with van der Waals surface area (Å²) in [5.41, 5.74) is 4.62. The first-order valence-electron chi connectivity index (χ1n) is 10.2. The number of hydrazone groups is 1. The fourth-order valence-corrected chi connectivity index (χ4v) is 3.15. The number of unbranched alkanes of at least 4 members (excludes halogenated alkanes) is 2. The van der Waals surface area contributed by atoms with Gasteiger partial charge in [-0.3, -0.25) is 4.79 Å². The lowest BCUT2D eigenvalue weighted by Gasteiger charge is -2.14. The molecule has 0 spiro atoms. The first-order valence-corrected chi connectivity index (χ1v) is 10.2. The molecule has 0 unspecified atom stereocenters. The molecule has 150 valence electrons. The van der Waals surface area contributed by atoms with E-state index in [1.54, 1.807) is 6.92 Å². The zero-order valence-electron chi connectivity index (χ0n) is 17.1. The summed E-state index contributed by atoms with van der Waals surface area (Å²) in [7, 11) is 0. The fraction of sp³-hybridized carbons (Fsp3) is 0.280. The number of fused-ring (bicyclic) bond motifs is 1. The molecule has 0 radical (unpaired) electrons. The molecule has 3 rings (SSSR count). The Bertz CT molecular complexity index is 967. The van der Waals surface area contributed by atoms with Gasteiger partial charge in [0.25, 0.3) is 5.91 Å². The molecular weight excluding hydrogens is 360 g/mol. The summed E-state index contributed by atoms with van der Waals surface area (Å²) < 4.78 is 5.84. The van der Waals surface area contributed by atoms with E-state index >= 15 is 0 Å². The molecule has 0 saturated carbocycles. The van der Waals surface area contributed by atoms with E-state index in [-0.39, 0.29) is 5.91 Å². The van der Waals surface area contributed by atoms with Gasteiger partial charge in [-0.25, -0.2) is 5.43 Å². The molecule has 3 aromatic carbocycles. The number of carbonyl (C=O) groups excluding carboxylic acids is 1. The van der Waals surface area contributed by atoms with E-state index in [9.17, 15) is 4.79 Å². The summed E-state index contributed by atoms with van der Waals surface area (Å²) in [6, 6.07) is 23.9. The van der Waals surface area contributed by atoms with Gasteiger partial charge in [-0.2, -0.15) is 5.10 Å². The van der Waals surface area contributed by atoms with Crippen LogP contribution in [0.3, 0.4) is 0 Å². The van der Waals surface area contributed by atoms with Crippen molar-refractivity contribution in [3.63, 3.8) is 0 Å². The van der Waals surface area contributed by atoms with Crippen LogP contribution in [-0.4, -0.2) is 17.7 Å². The van der Waals surface area contributed by atoms with Crippen molar-refractivity contribution in [2.24, 2.45) is 5.10 Å². The van der Waals surface area contributed by atoms with E-state index < -0.39 is 6.10 Å². The summed E-state index contributed by atoms with van der Waals surface area (Å²) in [4.78, 5) is 12.5. The molecule has 1 N–H and O–H groups in total. The molecule has 3 aromatic rings. The second-order valence-electron chi connectivity index (χ2n) is 7.13. The van der Waals surface area contributed by atoms with E-state index in [1.165, 1.54) is 0 Å². The van der Waals surface area contributed by atoms with Gasteiger partial charge in [0.05, 0.1) is 5.71 Å². The highest BCUT2D eigenvalue weighted by molar-refractivity contribution is 6.01. The van der Waals surface area contributed by atoms with Gasteiger partial charge in [-0.15, -0.1) is 0 Å². The molecule has 0 aliphatic carbocycles. The Hall–Kier alpha value is -3.14. The van der Waals surface area contributed by atoms with Crippen molar-refractivity contribution in [3.05, 3.63) is 78.4 Å². The maximum absolute atomic E-state index is 12.5. The van der Waals surface area contributed by atoms with Crippen molar-refractivity contribution >= 4 is 22.4 Å². The highest BCUT2D eigenvalue weighted by Crippen LogP contribution is 2.21. The van der Waals surface area contributed by atoms with Crippen LogP contribution in [0.4, 0.5) is 0 Å². The molecule has 29 heavy (non-hydrogen) atoms. The molecule has 1 amide bonds. The zero-order chi connectivity index (χ0) is 20.5. The third-order valence-electron chi connectivity index (χ3n) is 4.83. The van der Waals surface area contributed by atoms with Gasteiger partial charge in [0.15, 0.2) is 6.10 Å². The van der Waals surface area contributed by atoms with Gasteiger partial charge in [0.1, 0.15) is 5.75 Å². The average Bonchev–Trinajstić information content (AvgIpc) is 2.76. The number of amides is 1. The number of hydrogen-bond donors (Lipinski definition) is 1. The van der Waals surface area contributed by atoms with Gasteiger partial charge in [-0.1, -0.05) is 80.4 Å². The Labute approximate surface area is 172 Å². The topological polar surface area (TPSA) is 50.7 Å². The predicted octanol–water partition coefficient (Wildman–Crippen LogP) is 5.71. The Morgan fingerprint density at radius 1 is 0.966 bits per heavy atom. The summed E-state index contributed by atoms with van der Waals surface area (Å²) in [6.07, 6.45) is 3.51. The Balaban J connectivity index is 1.65. The van der Waals surface area contributed by atoms with Crippen molar-refractivity contribution in [2.75, 3.05) is 0 Å². The normalized spacial score (nSPS) is 12.6. The summed E-state index contributed by atoms with van der Waals surface area (Å²) >= 11 is 0. The van der Waals surface area contributed by atoms with Crippen molar-refractivity contribution in [1.82, 2.24) is 5.43 Å². The van der Waals surface area contributed by atoms with Crippen molar-refractivity contribution < 1.29 is 9.53 Å². The van der Waals surface area contributed by atoms with Crippen molar-refractivity contribution in [3.8, 4) is 5.75 Å². The highest BCUT2D eigenvalue weighted by atomic mass is 16.5. The molecule has 0 bridgehead atoms. The molecule has 0 aliphatic heterocycles. The third kappa shape index (κ3) is 5.92. The second kappa shape index (κ2) is 10.4. The summed E-state index contributed by atoms with van der Waals surface area (Å²) in [5.74, 6) is 0.406. The number of hydrogen-bond acceptors (Lipinski definition) is 3. The molecule has 4 heteroatoms. The lowest BCUT2D eigenvalue weighted by Crippen LogP contribution is -2.34. The lowest BCUT2D eigenvalue weighted by molar-refractivity contribution is -0.127. The van der Waals surface area contributed by atoms with Crippen molar-refractivity contribution in [1.29, 1.82) is 0 Å². The standard InChI is InChI=1S/C25H28N2O2/c1-3-4-6-15-24(21-12-7-5-8-13-21)26-27-25(28)19(2)29-23-17-16-20-11-9-10-14-22(20)18-23/h5,7-14,16-19H,3-4,6,15H2,1-2H3,(H,27,28)/b26-24+/t19-/m0/s1. The number of ether oxygens (including phenoxy) is 1. The van der Waals surface area contributed by atoms with Crippen LogP contribution >= 0.6 is 0 Å².